The molecule has 3 heteroatoms. The maximum Gasteiger partial charge on any atom is 0.0692 e. The third-order valence-corrected chi connectivity index (χ3v) is 2.97. The van der Waals surface area contributed by atoms with Gasteiger partial charge in [0.1, 0.15) is 0 Å². The number of hydrogen-bond donors (Lipinski definition) is 3. The first-order chi connectivity index (χ1) is 7.06. The SMILES string of the molecule is C=CC[C@@H]1[C@@H](C=C[C@H](C)O)[C@H](O)C[C@@H]1O. The van der Waals surface area contributed by atoms with E-state index in [1.807, 2.05) is 0 Å². The molecule has 1 rings (SSSR count). The minimum absolute atomic E-state index is 0.0208. The fourth-order valence-corrected chi connectivity index (χ4v) is 2.19. The molecule has 0 radical (unpaired) electrons. The van der Waals surface area contributed by atoms with Crippen LogP contribution in [-0.4, -0.2) is 33.6 Å². The molecule has 0 heterocycles. The van der Waals surface area contributed by atoms with Crippen LogP contribution in [0.5, 0.6) is 0 Å². The van der Waals surface area contributed by atoms with Gasteiger partial charge in [0.2, 0.25) is 0 Å². The normalized spacial score (nSPS) is 38.4. The second kappa shape index (κ2) is 5.45. The monoisotopic (exact) mass is 212 g/mol. The van der Waals surface area contributed by atoms with Crippen LogP contribution in [0.25, 0.3) is 0 Å². The van der Waals surface area contributed by atoms with Crippen LogP contribution in [0.1, 0.15) is 19.8 Å². The van der Waals surface area contributed by atoms with E-state index in [1.54, 1.807) is 25.2 Å². The average Bonchev–Trinajstić information content (AvgIpc) is 2.40. The summed E-state index contributed by atoms with van der Waals surface area (Å²) in [5, 5.41) is 28.6. The first-order valence-corrected chi connectivity index (χ1v) is 5.39. The first-order valence-electron chi connectivity index (χ1n) is 5.39. The van der Waals surface area contributed by atoms with Crippen LogP contribution >= 0.6 is 0 Å². The predicted molar refractivity (Wildman–Crippen MR) is 59.2 cm³/mol. The molecular weight excluding hydrogens is 192 g/mol. The highest BCUT2D eigenvalue weighted by molar-refractivity contribution is 5.04. The van der Waals surface area contributed by atoms with Gasteiger partial charge in [0.05, 0.1) is 18.3 Å². The van der Waals surface area contributed by atoms with Crippen LogP contribution in [0.15, 0.2) is 24.8 Å². The van der Waals surface area contributed by atoms with E-state index in [1.165, 1.54) is 0 Å². The minimum atomic E-state index is -0.515. The lowest BCUT2D eigenvalue weighted by molar-refractivity contribution is 0.120. The molecule has 86 valence electrons. The van der Waals surface area contributed by atoms with E-state index >= 15 is 0 Å². The van der Waals surface area contributed by atoms with E-state index in [0.717, 1.165) is 0 Å². The van der Waals surface area contributed by atoms with E-state index in [4.69, 9.17) is 5.11 Å². The summed E-state index contributed by atoms with van der Waals surface area (Å²) in [6.07, 6.45) is 4.82. The fraction of sp³-hybridized carbons (Fsp3) is 0.667. The molecule has 0 spiro atoms. The summed E-state index contributed by atoms with van der Waals surface area (Å²) in [6, 6.07) is 0. The molecule has 0 aliphatic heterocycles. The Morgan fingerprint density at radius 3 is 2.60 bits per heavy atom. The highest BCUT2D eigenvalue weighted by atomic mass is 16.3. The van der Waals surface area contributed by atoms with Crippen molar-refractivity contribution in [1.82, 2.24) is 0 Å². The van der Waals surface area contributed by atoms with Gasteiger partial charge in [-0.05, 0) is 19.3 Å². The summed E-state index contributed by atoms with van der Waals surface area (Å²) in [5.74, 6) is -0.0555. The second-order valence-electron chi connectivity index (χ2n) is 4.26. The summed E-state index contributed by atoms with van der Waals surface area (Å²) in [4.78, 5) is 0. The van der Waals surface area contributed by atoms with E-state index < -0.39 is 18.3 Å². The summed E-state index contributed by atoms with van der Waals surface area (Å²) in [5.41, 5.74) is 0. The van der Waals surface area contributed by atoms with E-state index in [9.17, 15) is 10.2 Å². The number of hydrogen-bond acceptors (Lipinski definition) is 3. The number of allylic oxidation sites excluding steroid dienone is 1. The highest BCUT2D eigenvalue weighted by Crippen LogP contribution is 2.36. The van der Waals surface area contributed by atoms with Gasteiger partial charge in [-0.3, -0.25) is 0 Å². The molecule has 1 aliphatic rings. The van der Waals surface area contributed by atoms with Crippen LogP contribution in [0, 0.1) is 11.8 Å². The Bertz CT molecular complexity index is 235. The van der Waals surface area contributed by atoms with Crippen molar-refractivity contribution in [2.75, 3.05) is 0 Å². The van der Waals surface area contributed by atoms with Gasteiger partial charge >= 0.3 is 0 Å². The van der Waals surface area contributed by atoms with E-state index in [2.05, 4.69) is 6.58 Å². The third-order valence-electron chi connectivity index (χ3n) is 2.97. The van der Waals surface area contributed by atoms with Crippen LogP contribution in [0.4, 0.5) is 0 Å². The van der Waals surface area contributed by atoms with E-state index in [0.29, 0.717) is 12.8 Å². The molecule has 1 aliphatic carbocycles. The molecule has 0 aromatic rings. The molecule has 1 fully saturated rings. The van der Waals surface area contributed by atoms with Gasteiger partial charge in [-0.15, -0.1) is 6.58 Å². The molecule has 3 N–H and O–H groups in total. The Kier molecular flexibility index (Phi) is 4.51. The lowest BCUT2D eigenvalue weighted by Gasteiger charge is -2.19. The average molecular weight is 212 g/mol. The molecule has 0 aromatic heterocycles. The molecule has 15 heavy (non-hydrogen) atoms. The van der Waals surface area contributed by atoms with Gasteiger partial charge in [-0.1, -0.05) is 18.2 Å². The van der Waals surface area contributed by atoms with Gasteiger partial charge in [0.15, 0.2) is 0 Å². The van der Waals surface area contributed by atoms with Crippen LogP contribution in [-0.2, 0) is 0 Å². The van der Waals surface area contributed by atoms with Crippen molar-refractivity contribution in [3.8, 4) is 0 Å². The Hall–Kier alpha value is -0.640. The third kappa shape index (κ3) is 3.16. The van der Waals surface area contributed by atoms with Gasteiger partial charge in [0, 0.05) is 12.3 Å². The minimum Gasteiger partial charge on any atom is -0.393 e. The zero-order chi connectivity index (χ0) is 11.4. The molecule has 1 saturated carbocycles. The van der Waals surface area contributed by atoms with Gasteiger partial charge in [-0.2, -0.15) is 0 Å². The van der Waals surface area contributed by atoms with Crippen LogP contribution in [0.2, 0.25) is 0 Å². The first kappa shape index (κ1) is 12.4. The molecule has 0 bridgehead atoms. The molecule has 0 unspecified atom stereocenters. The number of aliphatic hydroxyl groups excluding tert-OH is 3. The maximum atomic E-state index is 9.74. The second-order valence-corrected chi connectivity index (χ2v) is 4.26. The van der Waals surface area contributed by atoms with Gasteiger partial charge < -0.3 is 15.3 Å². The van der Waals surface area contributed by atoms with Crippen molar-refractivity contribution >= 4 is 0 Å². The predicted octanol–water partition coefficient (Wildman–Crippen LogP) is 0.857. The summed E-state index contributed by atoms with van der Waals surface area (Å²) in [6.45, 7) is 5.31. The zero-order valence-corrected chi connectivity index (χ0v) is 9.08. The standard InChI is InChI=1S/C12H20O3/c1-3-4-9-10(6-5-8(2)13)12(15)7-11(9)14/h3,5-6,8-15H,1,4,7H2,2H3/t8-,9+,10+,11-,12+/m0/s1. The molecule has 5 atom stereocenters. The van der Waals surface area contributed by atoms with Gasteiger partial charge in [-0.25, -0.2) is 0 Å². The Balaban J connectivity index is 2.69. The Morgan fingerprint density at radius 1 is 1.40 bits per heavy atom. The van der Waals surface area contributed by atoms with Crippen molar-refractivity contribution < 1.29 is 15.3 Å². The van der Waals surface area contributed by atoms with E-state index in [-0.39, 0.29) is 11.8 Å². The lowest BCUT2D eigenvalue weighted by Crippen LogP contribution is -2.20. The molecule has 3 nitrogen and oxygen atoms in total. The largest absolute Gasteiger partial charge is 0.393 e. The lowest BCUT2D eigenvalue weighted by atomic mass is 9.90. The number of rotatable bonds is 4. The molecular formula is C12H20O3. The van der Waals surface area contributed by atoms with Crippen molar-refractivity contribution in [3.63, 3.8) is 0 Å². The van der Waals surface area contributed by atoms with Crippen molar-refractivity contribution in [2.45, 2.75) is 38.1 Å². The topological polar surface area (TPSA) is 60.7 Å². The van der Waals surface area contributed by atoms with Crippen LogP contribution in [0.3, 0.4) is 0 Å². The molecule has 0 amide bonds. The van der Waals surface area contributed by atoms with Crippen LogP contribution < -0.4 is 0 Å². The van der Waals surface area contributed by atoms with Gasteiger partial charge in [0.25, 0.3) is 0 Å². The van der Waals surface area contributed by atoms with Crippen molar-refractivity contribution in [1.29, 1.82) is 0 Å². The Labute approximate surface area is 90.8 Å². The number of aliphatic hydroxyl groups is 3. The van der Waals surface area contributed by atoms with Crippen molar-refractivity contribution in [3.05, 3.63) is 24.8 Å². The molecule has 0 saturated heterocycles. The quantitative estimate of drug-likeness (QED) is 0.606. The zero-order valence-electron chi connectivity index (χ0n) is 9.08. The Morgan fingerprint density at radius 2 is 2.07 bits per heavy atom. The van der Waals surface area contributed by atoms with Crippen molar-refractivity contribution in [2.24, 2.45) is 11.8 Å². The maximum absolute atomic E-state index is 9.74. The smallest absolute Gasteiger partial charge is 0.0692 e. The highest BCUT2D eigenvalue weighted by Gasteiger charge is 2.39. The summed E-state index contributed by atoms with van der Waals surface area (Å²) in [7, 11) is 0. The molecule has 0 aromatic carbocycles. The summed E-state index contributed by atoms with van der Waals surface area (Å²) >= 11 is 0. The summed E-state index contributed by atoms with van der Waals surface area (Å²) < 4.78 is 0. The fourth-order valence-electron chi connectivity index (χ4n) is 2.19.